The lowest BCUT2D eigenvalue weighted by molar-refractivity contribution is 0.191. The van der Waals surface area contributed by atoms with E-state index in [0.717, 1.165) is 37.7 Å². The van der Waals surface area contributed by atoms with Gasteiger partial charge in [0.05, 0.1) is 0 Å². The lowest BCUT2D eigenvalue weighted by Crippen LogP contribution is -2.52. The van der Waals surface area contributed by atoms with Crippen LogP contribution in [0.3, 0.4) is 0 Å². The van der Waals surface area contributed by atoms with Crippen LogP contribution in [-0.2, 0) is 0 Å². The van der Waals surface area contributed by atoms with E-state index in [1.165, 1.54) is 5.69 Å². The van der Waals surface area contributed by atoms with Crippen molar-refractivity contribution in [1.29, 1.82) is 0 Å². The van der Waals surface area contributed by atoms with E-state index in [9.17, 15) is 0 Å². The van der Waals surface area contributed by atoms with Crippen LogP contribution in [0.4, 0.5) is 5.69 Å². The number of anilines is 1. The average Bonchev–Trinajstić information content (AvgIpc) is 2.45. The van der Waals surface area contributed by atoms with Crippen LogP contribution in [0.25, 0.3) is 0 Å². The number of nitrogens with one attached hydrogen (secondary N) is 1. The van der Waals surface area contributed by atoms with Crippen molar-refractivity contribution in [3.05, 3.63) is 29.3 Å². The Labute approximate surface area is 127 Å². The number of benzene rings is 1. The molecule has 0 saturated carbocycles. The molecule has 1 atom stereocenters. The summed E-state index contributed by atoms with van der Waals surface area (Å²) in [6.45, 7) is 12.2. The smallest absolute Gasteiger partial charge is 0.0426 e. The second-order valence-corrected chi connectivity index (χ2v) is 6.35. The van der Waals surface area contributed by atoms with Crippen LogP contribution in [0.5, 0.6) is 0 Å². The van der Waals surface area contributed by atoms with Gasteiger partial charge >= 0.3 is 0 Å². The second kappa shape index (κ2) is 7.30. The molecule has 1 aromatic rings. The fraction of sp³-hybridized carbons (Fsp3) is 0.625. The van der Waals surface area contributed by atoms with Crippen LogP contribution < -0.4 is 10.2 Å². The van der Waals surface area contributed by atoms with Crippen molar-refractivity contribution in [3.8, 4) is 0 Å². The third-order valence-electron chi connectivity index (χ3n) is 3.93. The first-order valence-corrected chi connectivity index (χ1v) is 7.92. The van der Waals surface area contributed by atoms with Crippen molar-refractivity contribution in [2.75, 3.05) is 37.6 Å². The van der Waals surface area contributed by atoms with Crippen molar-refractivity contribution in [1.82, 2.24) is 10.2 Å². The molecule has 4 heteroatoms. The molecular weight excluding hydrogens is 270 g/mol. The molecule has 20 heavy (non-hydrogen) atoms. The molecule has 1 heterocycles. The molecule has 0 radical (unpaired) electrons. The van der Waals surface area contributed by atoms with Gasteiger partial charge in [-0.3, -0.25) is 4.90 Å². The van der Waals surface area contributed by atoms with E-state index in [1.807, 2.05) is 12.1 Å². The van der Waals surface area contributed by atoms with Gasteiger partial charge in [0, 0.05) is 55.5 Å². The zero-order valence-electron chi connectivity index (χ0n) is 12.8. The number of rotatable bonds is 5. The van der Waals surface area contributed by atoms with Crippen LogP contribution in [-0.4, -0.2) is 49.7 Å². The molecule has 3 nitrogen and oxygen atoms in total. The summed E-state index contributed by atoms with van der Waals surface area (Å²) in [7, 11) is 0. The fourth-order valence-corrected chi connectivity index (χ4v) is 2.81. The minimum absolute atomic E-state index is 0.560. The minimum atomic E-state index is 0.560. The molecule has 0 aromatic heterocycles. The predicted molar refractivity (Wildman–Crippen MR) is 87.8 cm³/mol. The van der Waals surface area contributed by atoms with Crippen molar-refractivity contribution in [2.24, 2.45) is 0 Å². The summed E-state index contributed by atoms with van der Waals surface area (Å²) in [5.41, 5.74) is 1.24. The summed E-state index contributed by atoms with van der Waals surface area (Å²) in [4.78, 5) is 4.99. The first kappa shape index (κ1) is 15.6. The van der Waals surface area contributed by atoms with Crippen molar-refractivity contribution in [2.45, 2.75) is 32.9 Å². The number of piperazine rings is 1. The minimum Gasteiger partial charge on any atom is -0.369 e. The van der Waals surface area contributed by atoms with E-state index >= 15 is 0 Å². The Hall–Kier alpha value is -0.770. The lowest BCUT2D eigenvalue weighted by Gasteiger charge is -2.39. The zero-order chi connectivity index (χ0) is 14.5. The highest BCUT2D eigenvalue weighted by atomic mass is 35.5. The summed E-state index contributed by atoms with van der Waals surface area (Å²) in [6.07, 6.45) is 0. The van der Waals surface area contributed by atoms with Crippen molar-refractivity contribution < 1.29 is 0 Å². The molecule has 0 aliphatic carbocycles. The maximum atomic E-state index is 6.07. The van der Waals surface area contributed by atoms with Gasteiger partial charge in [-0.1, -0.05) is 31.5 Å². The predicted octanol–water partition coefficient (Wildman–Crippen LogP) is 2.85. The standard InChI is InChI=1S/C16H26ClN3/c1-13(2)18-12-14(3)19-7-9-20(10-8-19)16-6-4-5-15(17)11-16/h4-6,11,13-14,18H,7-10,12H2,1-3H3. The zero-order valence-corrected chi connectivity index (χ0v) is 13.5. The van der Waals surface area contributed by atoms with E-state index < -0.39 is 0 Å². The van der Waals surface area contributed by atoms with E-state index in [2.05, 4.69) is 48.0 Å². The molecule has 0 spiro atoms. The number of hydrogen-bond donors (Lipinski definition) is 1. The maximum Gasteiger partial charge on any atom is 0.0426 e. The van der Waals surface area contributed by atoms with Crippen LogP contribution >= 0.6 is 11.6 Å². The average molecular weight is 296 g/mol. The van der Waals surface area contributed by atoms with E-state index in [4.69, 9.17) is 11.6 Å². The Bertz CT molecular complexity index is 414. The van der Waals surface area contributed by atoms with Gasteiger partial charge in [-0.25, -0.2) is 0 Å². The van der Waals surface area contributed by atoms with E-state index in [1.54, 1.807) is 0 Å². The van der Waals surface area contributed by atoms with Crippen molar-refractivity contribution >= 4 is 17.3 Å². The number of nitrogens with zero attached hydrogens (tertiary/aromatic N) is 2. The third kappa shape index (κ3) is 4.37. The Morgan fingerprint density at radius 1 is 1.15 bits per heavy atom. The number of hydrogen-bond acceptors (Lipinski definition) is 3. The molecule has 2 rings (SSSR count). The lowest BCUT2D eigenvalue weighted by atomic mass is 10.2. The van der Waals surface area contributed by atoms with Gasteiger partial charge < -0.3 is 10.2 Å². The highest BCUT2D eigenvalue weighted by Crippen LogP contribution is 2.21. The molecule has 1 saturated heterocycles. The van der Waals surface area contributed by atoms with E-state index in [-0.39, 0.29) is 0 Å². The van der Waals surface area contributed by atoms with Gasteiger partial charge in [0.2, 0.25) is 0 Å². The van der Waals surface area contributed by atoms with Crippen LogP contribution in [0, 0.1) is 0 Å². The highest BCUT2D eigenvalue weighted by Gasteiger charge is 2.21. The number of halogens is 1. The van der Waals surface area contributed by atoms with Gasteiger partial charge in [0.15, 0.2) is 0 Å². The van der Waals surface area contributed by atoms with Crippen LogP contribution in [0.2, 0.25) is 5.02 Å². The molecule has 0 bridgehead atoms. The topological polar surface area (TPSA) is 18.5 Å². The Balaban J connectivity index is 1.83. The normalized spacial score (nSPS) is 18.6. The monoisotopic (exact) mass is 295 g/mol. The van der Waals surface area contributed by atoms with E-state index in [0.29, 0.717) is 12.1 Å². The van der Waals surface area contributed by atoms with Gasteiger partial charge in [0.1, 0.15) is 0 Å². The molecule has 1 N–H and O–H groups in total. The Kier molecular flexibility index (Phi) is 5.70. The first-order chi connectivity index (χ1) is 9.56. The van der Waals surface area contributed by atoms with Gasteiger partial charge in [-0.05, 0) is 25.1 Å². The second-order valence-electron chi connectivity index (χ2n) is 5.91. The highest BCUT2D eigenvalue weighted by molar-refractivity contribution is 6.30. The SMILES string of the molecule is CC(C)NCC(C)N1CCN(c2cccc(Cl)c2)CC1. The summed E-state index contributed by atoms with van der Waals surface area (Å²) in [6, 6.07) is 9.32. The quantitative estimate of drug-likeness (QED) is 0.901. The molecule has 1 unspecified atom stereocenters. The Morgan fingerprint density at radius 3 is 2.45 bits per heavy atom. The van der Waals surface area contributed by atoms with Gasteiger partial charge in [-0.2, -0.15) is 0 Å². The summed E-state index contributed by atoms with van der Waals surface area (Å²) >= 11 is 6.07. The summed E-state index contributed by atoms with van der Waals surface area (Å²) in [5.74, 6) is 0. The molecule has 1 aliphatic rings. The molecule has 1 aliphatic heterocycles. The molecule has 1 aromatic carbocycles. The molecule has 112 valence electrons. The van der Waals surface area contributed by atoms with Crippen LogP contribution in [0.15, 0.2) is 24.3 Å². The summed E-state index contributed by atoms with van der Waals surface area (Å²) < 4.78 is 0. The fourth-order valence-electron chi connectivity index (χ4n) is 2.63. The van der Waals surface area contributed by atoms with Crippen molar-refractivity contribution in [3.63, 3.8) is 0 Å². The molecule has 0 amide bonds. The molecule has 1 fully saturated rings. The Morgan fingerprint density at radius 2 is 1.85 bits per heavy atom. The molecular formula is C16H26ClN3. The largest absolute Gasteiger partial charge is 0.369 e. The summed E-state index contributed by atoms with van der Waals surface area (Å²) in [5, 5.41) is 4.34. The van der Waals surface area contributed by atoms with Crippen LogP contribution in [0.1, 0.15) is 20.8 Å². The van der Waals surface area contributed by atoms with Gasteiger partial charge in [0.25, 0.3) is 0 Å². The first-order valence-electron chi connectivity index (χ1n) is 7.54. The third-order valence-corrected chi connectivity index (χ3v) is 4.17. The maximum absolute atomic E-state index is 6.07. The van der Waals surface area contributed by atoms with Gasteiger partial charge in [-0.15, -0.1) is 0 Å².